The van der Waals surface area contributed by atoms with Gasteiger partial charge in [-0.05, 0) is 46.5 Å². The summed E-state index contributed by atoms with van der Waals surface area (Å²) in [5.74, 6) is 0. The molecule has 1 saturated carbocycles. The van der Waals surface area contributed by atoms with Gasteiger partial charge < -0.3 is 9.64 Å². The van der Waals surface area contributed by atoms with Gasteiger partial charge in [0, 0.05) is 26.2 Å². The van der Waals surface area contributed by atoms with Crippen molar-refractivity contribution in [3.05, 3.63) is 0 Å². The SMILES string of the molecule is CN(C[C@@H]1CCCN1C(=O)OC(C)(C)C)S(=O)(=O)C1CC1. The molecule has 0 N–H and O–H groups in total. The van der Waals surface area contributed by atoms with Gasteiger partial charge in [-0.1, -0.05) is 0 Å². The maximum Gasteiger partial charge on any atom is 0.410 e. The highest BCUT2D eigenvalue weighted by Gasteiger charge is 2.41. The molecule has 122 valence electrons. The molecule has 2 aliphatic rings. The van der Waals surface area contributed by atoms with E-state index >= 15 is 0 Å². The van der Waals surface area contributed by atoms with Crippen molar-refractivity contribution in [3.63, 3.8) is 0 Å². The summed E-state index contributed by atoms with van der Waals surface area (Å²) in [4.78, 5) is 13.9. The minimum Gasteiger partial charge on any atom is -0.444 e. The summed E-state index contributed by atoms with van der Waals surface area (Å²) in [6.07, 6.45) is 2.88. The van der Waals surface area contributed by atoms with E-state index in [-0.39, 0.29) is 17.4 Å². The van der Waals surface area contributed by atoms with E-state index in [1.807, 2.05) is 20.8 Å². The predicted octanol–water partition coefficient (Wildman–Crippen LogP) is 1.81. The quantitative estimate of drug-likeness (QED) is 0.793. The minimum absolute atomic E-state index is 0.0848. The topological polar surface area (TPSA) is 66.9 Å². The molecule has 0 unspecified atom stereocenters. The second kappa shape index (κ2) is 5.76. The molecule has 1 atom stereocenters. The van der Waals surface area contributed by atoms with Crippen LogP contribution in [-0.4, -0.2) is 60.7 Å². The molecular weight excluding hydrogens is 292 g/mol. The number of rotatable bonds is 4. The normalized spacial score (nSPS) is 23.7. The van der Waals surface area contributed by atoms with Crippen LogP contribution in [0.25, 0.3) is 0 Å². The van der Waals surface area contributed by atoms with Crippen LogP contribution in [0.2, 0.25) is 0 Å². The van der Waals surface area contributed by atoms with Crippen LogP contribution in [0.3, 0.4) is 0 Å². The molecule has 7 heteroatoms. The van der Waals surface area contributed by atoms with Gasteiger partial charge in [-0.2, -0.15) is 0 Å². The first-order valence-electron chi connectivity index (χ1n) is 7.56. The Labute approximate surface area is 127 Å². The van der Waals surface area contributed by atoms with Crippen LogP contribution in [0.4, 0.5) is 4.79 Å². The Bertz CT molecular complexity index is 494. The van der Waals surface area contributed by atoms with Crippen molar-refractivity contribution < 1.29 is 17.9 Å². The number of sulfonamides is 1. The summed E-state index contributed by atoms with van der Waals surface area (Å²) in [7, 11) is -1.57. The molecule has 0 aromatic rings. The fourth-order valence-electron chi connectivity index (χ4n) is 2.61. The molecule has 2 rings (SSSR count). The lowest BCUT2D eigenvalue weighted by Crippen LogP contribution is -2.46. The van der Waals surface area contributed by atoms with Crippen molar-refractivity contribution in [3.8, 4) is 0 Å². The fourth-order valence-corrected chi connectivity index (χ4v) is 4.23. The lowest BCUT2D eigenvalue weighted by molar-refractivity contribution is 0.0216. The van der Waals surface area contributed by atoms with E-state index in [1.165, 1.54) is 4.31 Å². The molecule has 0 bridgehead atoms. The average Bonchev–Trinajstić information content (AvgIpc) is 3.08. The molecule has 1 aliphatic heterocycles. The Morgan fingerprint density at radius 2 is 1.90 bits per heavy atom. The van der Waals surface area contributed by atoms with Crippen LogP contribution in [0.5, 0.6) is 0 Å². The first-order chi connectivity index (χ1) is 9.61. The second-order valence-corrected chi connectivity index (χ2v) is 9.31. The Morgan fingerprint density at radius 3 is 2.43 bits per heavy atom. The number of likely N-dealkylation sites (tertiary alicyclic amines) is 1. The Morgan fingerprint density at radius 1 is 1.29 bits per heavy atom. The first kappa shape index (κ1) is 16.5. The molecule has 1 saturated heterocycles. The predicted molar refractivity (Wildman–Crippen MR) is 80.5 cm³/mol. The van der Waals surface area contributed by atoms with E-state index in [0.717, 1.165) is 25.7 Å². The van der Waals surface area contributed by atoms with Crippen LogP contribution in [0, 0.1) is 0 Å². The number of nitrogens with zero attached hydrogens (tertiary/aromatic N) is 2. The van der Waals surface area contributed by atoms with Gasteiger partial charge in [0.05, 0.1) is 5.25 Å². The monoisotopic (exact) mass is 318 g/mol. The number of carbonyl (C=O) groups is 1. The summed E-state index contributed by atoms with van der Waals surface area (Å²) < 4.78 is 31.2. The van der Waals surface area contributed by atoms with Crippen molar-refractivity contribution in [2.75, 3.05) is 20.1 Å². The van der Waals surface area contributed by atoms with Gasteiger partial charge in [0.15, 0.2) is 0 Å². The molecular formula is C14H26N2O4S. The summed E-state index contributed by atoms with van der Waals surface area (Å²) in [6.45, 7) is 6.49. The lowest BCUT2D eigenvalue weighted by Gasteiger charge is -2.30. The van der Waals surface area contributed by atoms with E-state index in [1.54, 1.807) is 11.9 Å². The summed E-state index contributed by atoms with van der Waals surface area (Å²) in [5, 5.41) is -0.209. The van der Waals surface area contributed by atoms with Crippen molar-refractivity contribution in [1.29, 1.82) is 0 Å². The molecule has 6 nitrogen and oxygen atoms in total. The van der Waals surface area contributed by atoms with E-state index < -0.39 is 15.6 Å². The number of hydrogen-bond acceptors (Lipinski definition) is 4. The zero-order valence-corrected chi connectivity index (χ0v) is 14.1. The number of carbonyl (C=O) groups excluding carboxylic acids is 1. The van der Waals surface area contributed by atoms with E-state index in [2.05, 4.69) is 0 Å². The Kier molecular flexibility index (Phi) is 4.54. The van der Waals surface area contributed by atoms with Crippen LogP contribution in [0.1, 0.15) is 46.5 Å². The van der Waals surface area contributed by atoms with Crippen molar-refractivity contribution in [1.82, 2.24) is 9.21 Å². The van der Waals surface area contributed by atoms with Crippen LogP contribution >= 0.6 is 0 Å². The van der Waals surface area contributed by atoms with Gasteiger partial charge in [0.25, 0.3) is 0 Å². The highest BCUT2D eigenvalue weighted by atomic mass is 32.2. The third-order valence-electron chi connectivity index (χ3n) is 3.85. The van der Waals surface area contributed by atoms with Crippen molar-refractivity contribution >= 4 is 16.1 Å². The molecule has 0 aromatic heterocycles. The van der Waals surface area contributed by atoms with Crippen LogP contribution < -0.4 is 0 Å². The zero-order chi connectivity index (χ0) is 15.8. The molecule has 1 aliphatic carbocycles. The molecule has 0 aromatic carbocycles. The maximum atomic E-state index is 12.2. The van der Waals surface area contributed by atoms with Crippen molar-refractivity contribution in [2.45, 2.75) is 63.3 Å². The van der Waals surface area contributed by atoms with E-state index in [0.29, 0.717) is 13.1 Å². The number of ether oxygens (including phenoxy) is 1. The highest BCUT2D eigenvalue weighted by molar-refractivity contribution is 7.90. The minimum atomic E-state index is -3.18. The van der Waals surface area contributed by atoms with Crippen LogP contribution in [-0.2, 0) is 14.8 Å². The van der Waals surface area contributed by atoms with E-state index in [9.17, 15) is 13.2 Å². The highest BCUT2D eigenvalue weighted by Crippen LogP contribution is 2.31. The molecule has 21 heavy (non-hydrogen) atoms. The number of likely N-dealkylation sites (N-methyl/N-ethyl adjacent to an activating group) is 1. The maximum absolute atomic E-state index is 12.2. The third kappa shape index (κ3) is 4.10. The Hall–Kier alpha value is -0.820. The van der Waals surface area contributed by atoms with Gasteiger partial charge >= 0.3 is 6.09 Å². The number of amides is 1. The Balaban J connectivity index is 1.97. The fraction of sp³-hybridized carbons (Fsp3) is 0.929. The van der Waals surface area contributed by atoms with E-state index in [4.69, 9.17) is 4.74 Å². The molecule has 0 radical (unpaired) electrons. The molecule has 1 amide bonds. The summed E-state index contributed by atoms with van der Waals surface area (Å²) in [6, 6.07) is -0.0848. The van der Waals surface area contributed by atoms with Gasteiger partial charge in [0.2, 0.25) is 10.0 Å². The third-order valence-corrected chi connectivity index (χ3v) is 6.18. The lowest BCUT2D eigenvalue weighted by atomic mass is 10.2. The van der Waals surface area contributed by atoms with Gasteiger partial charge in [-0.15, -0.1) is 0 Å². The molecule has 2 fully saturated rings. The van der Waals surface area contributed by atoms with Crippen LogP contribution in [0.15, 0.2) is 0 Å². The number of hydrogen-bond donors (Lipinski definition) is 0. The molecule has 0 spiro atoms. The standard InChI is InChI=1S/C14H26N2O4S/c1-14(2,3)20-13(17)16-9-5-6-11(16)10-15(4)21(18,19)12-7-8-12/h11-12H,5-10H2,1-4H3/t11-/m0/s1. The average molecular weight is 318 g/mol. The zero-order valence-electron chi connectivity index (χ0n) is 13.3. The van der Waals surface area contributed by atoms with Gasteiger partial charge in [0.1, 0.15) is 5.60 Å². The first-order valence-corrected chi connectivity index (χ1v) is 9.06. The second-order valence-electron chi connectivity index (χ2n) is 6.99. The smallest absolute Gasteiger partial charge is 0.410 e. The molecule has 1 heterocycles. The van der Waals surface area contributed by atoms with Gasteiger partial charge in [-0.25, -0.2) is 17.5 Å². The van der Waals surface area contributed by atoms with Gasteiger partial charge in [-0.3, -0.25) is 0 Å². The van der Waals surface area contributed by atoms with Crippen molar-refractivity contribution in [2.24, 2.45) is 0 Å². The summed E-state index contributed by atoms with van der Waals surface area (Å²) >= 11 is 0. The summed E-state index contributed by atoms with van der Waals surface area (Å²) in [5.41, 5.74) is -0.532. The largest absolute Gasteiger partial charge is 0.444 e.